The molecule has 0 rings (SSSR count). The number of rotatable bonds is 3. The van der Waals surface area contributed by atoms with Crippen LogP contribution in [0.5, 0.6) is 0 Å². The van der Waals surface area contributed by atoms with Gasteiger partial charge in [-0.1, -0.05) is 6.92 Å². The zero-order chi connectivity index (χ0) is 8.69. The third-order valence-electron chi connectivity index (χ3n) is 0.879. The van der Waals surface area contributed by atoms with Gasteiger partial charge < -0.3 is 9.47 Å². The molecule has 0 radical (unpaired) electrons. The molecule has 0 atom stereocenters. The molecule has 11 heavy (non-hydrogen) atoms. The highest BCUT2D eigenvalue weighted by Crippen LogP contribution is 1.86. The van der Waals surface area contributed by atoms with Gasteiger partial charge in [0.1, 0.15) is 0 Å². The van der Waals surface area contributed by atoms with Crippen molar-refractivity contribution in [3.63, 3.8) is 0 Å². The molecule has 0 fully saturated rings. The van der Waals surface area contributed by atoms with E-state index in [-0.39, 0.29) is 13.2 Å². The second kappa shape index (κ2) is 5.70. The zero-order valence-corrected chi connectivity index (χ0v) is 6.75. The van der Waals surface area contributed by atoms with E-state index in [1.165, 1.54) is 0 Å². The Kier molecular flexibility index (Phi) is 5.15. The Balaban J connectivity index is 3.56. The first-order chi connectivity index (χ1) is 5.22. The summed E-state index contributed by atoms with van der Waals surface area (Å²) < 4.78 is 8.88. The van der Waals surface area contributed by atoms with Crippen LogP contribution in [0.1, 0.15) is 20.3 Å². The Labute approximate surface area is 65.5 Å². The first-order valence-electron chi connectivity index (χ1n) is 3.56. The fraction of sp³-hybridized carbons (Fsp3) is 0.714. The Bertz CT molecular complexity index is 141. The van der Waals surface area contributed by atoms with Crippen molar-refractivity contribution in [3.05, 3.63) is 0 Å². The highest BCUT2D eigenvalue weighted by molar-refractivity contribution is 6.29. The normalized spacial score (nSPS) is 8.91. The lowest BCUT2D eigenvalue weighted by Crippen LogP contribution is -2.20. The molecule has 0 aromatic heterocycles. The van der Waals surface area contributed by atoms with Gasteiger partial charge in [0.15, 0.2) is 0 Å². The molecule has 0 N–H and O–H groups in total. The van der Waals surface area contributed by atoms with Crippen molar-refractivity contribution in [1.29, 1.82) is 0 Å². The van der Waals surface area contributed by atoms with Crippen molar-refractivity contribution in [2.75, 3.05) is 13.2 Å². The molecule has 0 aliphatic carbocycles. The van der Waals surface area contributed by atoms with E-state index in [9.17, 15) is 9.59 Å². The number of ether oxygens (including phenoxy) is 2. The summed E-state index contributed by atoms with van der Waals surface area (Å²) in [7, 11) is 0. The standard InChI is InChI=1S/C7H12O4/c1-3-5-11-7(9)6(8)10-4-2/h3-5H2,1-2H3. The molecule has 4 nitrogen and oxygen atoms in total. The lowest BCUT2D eigenvalue weighted by atomic mass is 10.5. The fourth-order valence-corrected chi connectivity index (χ4v) is 0.444. The summed E-state index contributed by atoms with van der Waals surface area (Å²) in [5.74, 6) is -1.82. The first kappa shape index (κ1) is 9.94. The molecule has 0 spiro atoms. The van der Waals surface area contributed by atoms with E-state index in [0.717, 1.165) is 0 Å². The number of hydrogen-bond acceptors (Lipinski definition) is 4. The van der Waals surface area contributed by atoms with E-state index in [1.54, 1.807) is 6.92 Å². The molecule has 0 aromatic rings. The molecular weight excluding hydrogens is 148 g/mol. The van der Waals surface area contributed by atoms with E-state index in [2.05, 4.69) is 9.47 Å². The van der Waals surface area contributed by atoms with Gasteiger partial charge >= 0.3 is 11.9 Å². The number of carbonyl (C=O) groups excluding carboxylic acids is 2. The average Bonchev–Trinajstić information content (AvgIpc) is 2.00. The van der Waals surface area contributed by atoms with Crippen molar-refractivity contribution in [3.8, 4) is 0 Å². The van der Waals surface area contributed by atoms with Crippen molar-refractivity contribution < 1.29 is 19.1 Å². The number of carbonyl (C=O) groups is 2. The molecule has 0 aliphatic rings. The Morgan fingerprint density at radius 1 is 1.09 bits per heavy atom. The van der Waals surface area contributed by atoms with Crippen LogP contribution in [-0.4, -0.2) is 25.2 Å². The van der Waals surface area contributed by atoms with Gasteiger partial charge in [0.25, 0.3) is 0 Å². The van der Waals surface area contributed by atoms with Crippen LogP contribution in [0, 0.1) is 0 Å². The second-order valence-electron chi connectivity index (χ2n) is 1.86. The summed E-state index contributed by atoms with van der Waals surface area (Å²) in [6.45, 7) is 3.93. The third kappa shape index (κ3) is 4.36. The Morgan fingerprint density at radius 2 is 1.64 bits per heavy atom. The molecule has 0 unspecified atom stereocenters. The molecule has 0 bridgehead atoms. The van der Waals surface area contributed by atoms with Gasteiger partial charge in [0.2, 0.25) is 0 Å². The maximum absolute atomic E-state index is 10.6. The van der Waals surface area contributed by atoms with Crippen molar-refractivity contribution in [1.82, 2.24) is 0 Å². The van der Waals surface area contributed by atoms with Gasteiger partial charge in [0, 0.05) is 0 Å². The largest absolute Gasteiger partial charge is 0.458 e. The molecule has 4 heteroatoms. The SMILES string of the molecule is CCCOC(=O)C(=O)OCC. The van der Waals surface area contributed by atoms with Crippen molar-refractivity contribution in [2.45, 2.75) is 20.3 Å². The molecular formula is C7H12O4. The summed E-state index contributed by atoms with van der Waals surface area (Å²) in [6.07, 6.45) is 0.700. The van der Waals surface area contributed by atoms with Crippen LogP contribution in [0.3, 0.4) is 0 Å². The van der Waals surface area contributed by atoms with E-state index >= 15 is 0 Å². The zero-order valence-electron chi connectivity index (χ0n) is 6.75. The number of hydrogen-bond donors (Lipinski definition) is 0. The van der Waals surface area contributed by atoms with E-state index in [0.29, 0.717) is 6.42 Å². The summed E-state index contributed by atoms with van der Waals surface area (Å²) in [6, 6.07) is 0. The van der Waals surface area contributed by atoms with E-state index < -0.39 is 11.9 Å². The van der Waals surface area contributed by atoms with Crippen LogP contribution in [0.4, 0.5) is 0 Å². The predicted octanol–water partition coefficient (Wildman–Crippen LogP) is 0.503. The molecule has 0 heterocycles. The van der Waals surface area contributed by atoms with Crippen LogP contribution < -0.4 is 0 Å². The van der Waals surface area contributed by atoms with E-state index in [4.69, 9.17) is 0 Å². The minimum absolute atomic E-state index is 0.195. The Hall–Kier alpha value is -1.06. The maximum Gasteiger partial charge on any atom is 0.417 e. The van der Waals surface area contributed by atoms with Crippen LogP contribution in [0.15, 0.2) is 0 Å². The van der Waals surface area contributed by atoms with Crippen molar-refractivity contribution >= 4 is 11.9 Å². The van der Waals surface area contributed by atoms with Crippen molar-refractivity contribution in [2.24, 2.45) is 0 Å². The predicted molar refractivity (Wildman–Crippen MR) is 37.9 cm³/mol. The first-order valence-corrected chi connectivity index (χ1v) is 3.56. The summed E-state index contributed by atoms with van der Waals surface area (Å²) in [5, 5.41) is 0. The summed E-state index contributed by atoms with van der Waals surface area (Å²) in [5.41, 5.74) is 0. The smallest absolute Gasteiger partial charge is 0.417 e. The Morgan fingerprint density at radius 3 is 2.09 bits per heavy atom. The van der Waals surface area contributed by atoms with Crippen LogP contribution in [-0.2, 0) is 19.1 Å². The molecule has 0 saturated carbocycles. The highest BCUT2D eigenvalue weighted by atomic mass is 16.6. The van der Waals surface area contributed by atoms with Gasteiger partial charge in [-0.25, -0.2) is 9.59 Å². The topological polar surface area (TPSA) is 52.6 Å². The third-order valence-corrected chi connectivity index (χ3v) is 0.879. The summed E-state index contributed by atoms with van der Waals surface area (Å²) in [4.78, 5) is 21.1. The van der Waals surface area contributed by atoms with E-state index in [1.807, 2.05) is 6.92 Å². The van der Waals surface area contributed by atoms with Gasteiger partial charge in [-0.15, -0.1) is 0 Å². The number of esters is 2. The van der Waals surface area contributed by atoms with Crippen LogP contribution >= 0.6 is 0 Å². The van der Waals surface area contributed by atoms with Crippen LogP contribution in [0.2, 0.25) is 0 Å². The molecule has 64 valence electrons. The lowest BCUT2D eigenvalue weighted by molar-refractivity contribution is -0.167. The van der Waals surface area contributed by atoms with Gasteiger partial charge in [0.05, 0.1) is 13.2 Å². The monoisotopic (exact) mass is 160 g/mol. The fourth-order valence-electron chi connectivity index (χ4n) is 0.444. The van der Waals surface area contributed by atoms with Crippen LogP contribution in [0.25, 0.3) is 0 Å². The molecule has 0 saturated heterocycles. The maximum atomic E-state index is 10.6. The minimum atomic E-state index is -0.916. The molecule has 0 amide bonds. The lowest BCUT2D eigenvalue weighted by Gasteiger charge is -2.00. The van der Waals surface area contributed by atoms with Gasteiger partial charge in [-0.2, -0.15) is 0 Å². The minimum Gasteiger partial charge on any atom is -0.458 e. The van der Waals surface area contributed by atoms with Gasteiger partial charge in [-0.3, -0.25) is 0 Å². The summed E-state index contributed by atoms with van der Waals surface area (Å²) >= 11 is 0. The second-order valence-corrected chi connectivity index (χ2v) is 1.86. The molecule has 0 aromatic carbocycles. The highest BCUT2D eigenvalue weighted by Gasteiger charge is 2.15. The quantitative estimate of drug-likeness (QED) is 0.445. The average molecular weight is 160 g/mol. The molecule has 0 aliphatic heterocycles. The van der Waals surface area contributed by atoms with Gasteiger partial charge in [-0.05, 0) is 13.3 Å².